The zero-order valence-electron chi connectivity index (χ0n) is 14.0. The van der Waals surface area contributed by atoms with Crippen LogP contribution in [-0.4, -0.2) is 31.7 Å². The van der Waals surface area contributed by atoms with Gasteiger partial charge in [-0.3, -0.25) is 4.72 Å². The lowest BCUT2D eigenvalue weighted by atomic mass is 10.0. The number of methoxy groups -OCH3 is 1. The van der Waals surface area contributed by atoms with Crippen LogP contribution in [-0.2, 0) is 14.8 Å². The van der Waals surface area contributed by atoms with Crippen LogP contribution in [0.2, 0.25) is 0 Å². The first-order valence-corrected chi connectivity index (χ1v) is 10.1. The third-order valence-electron chi connectivity index (χ3n) is 4.13. The predicted molar refractivity (Wildman–Crippen MR) is 98.0 cm³/mol. The largest absolute Gasteiger partial charge is 0.506 e. The molecule has 27 heavy (non-hydrogen) atoms. The summed E-state index contributed by atoms with van der Waals surface area (Å²) in [6, 6.07) is 5.09. The molecule has 0 heterocycles. The van der Waals surface area contributed by atoms with Crippen molar-refractivity contribution >= 4 is 37.6 Å². The Kier molecular flexibility index (Phi) is 5.04. The van der Waals surface area contributed by atoms with Crippen molar-refractivity contribution in [3.05, 3.63) is 45.7 Å². The van der Waals surface area contributed by atoms with Crippen molar-refractivity contribution in [2.24, 2.45) is 0 Å². The third kappa shape index (κ3) is 3.72. The second kappa shape index (κ2) is 7.01. The summed E-state index contributed by atoms with van der Waals surface area (Å²) >= 11 is 3.16. The molecule has 1 aliphatic rings. The molecule has 0 aromatic heterocycles. The molecule has 144 valence electrons. The number of benzene rings is 2. The molecule has 0 saturated heterocycles. The summed E-state index contributed by atoms with van der Waals surface area (Å²) in [5, 5.41) is 20.2. The minimum Gasteiger partial charge on any atom is -0.506 e. The van der Waals surface area contributed by atoms with Gasteiger partial charge in [0, 0.05) is 4.47 Å². The van der Waals surface area contributed by atoms with E-state index in [2.05, 4.69) is 25.4 Å². The van der Waals surface area contributed by atoms with Gasteiger partial charge in [0.05, 0.1) is 12.8 Å². The van der Waals surface area contributed by atoms with E-state index in [-0.39, 0.29) is 22.9 Å². The summed E-state index contributed by atoms with van der Waals surface area (Å²) in [7, 11) is -3.45. The maximum Gasteiger partial charge on any atom is 0.344 e. The van der Waals surface area contributed by atoms with Gasteiger partial charge in [0.15, 0.2) is 5.75 Å². The molecule has 1 saturated carbocycles. The third-order valence-corrected chi connectivity index (χ3v) is 6.00. The Labute approximate surface area is 163 Å². The maximum atomic E-state index is 14.7. The Balaban J connectivity index is 2.16. The summed E-state index contributed by atoms with van der Waals surface area (Å²) in [6.07, 6.45) is 1.28. The maximum absolute atomic E-state index is 14.7. The summed E-state index contributed by atoms with van der Waals surface area (Å²) in [5.41, 5.74) is -0.964. The minimum atomic E-state index is -4.45. The summed E-state index contributed by atoms with van der Waals surface area (Å²) < 4.78 is 47.3. The molecule has 2 aromatic carbocycles. The number of anilines is 1. The van der Waals surface area contributed by atoms with E-state index in [1.807, 2.05) is 0 Å². The number of carbonyl (C=O) groups excluding carboxylic acids is 1. The Morgan fingerprint density at radius 1 is 1.30 bits per heavy atom. The number of nitrogens with one attached hydrogen (secondary N) is 1. The molecule has 0 atom stereocenters. The Bertz CT molecular complexity index is 1040. The molecule has 0 bridgehead atoms. The van der Waals surface area contributed by atoms with Gasteiger partial charge in [-0.05, 0) is 48.6 Å². The number of esters is 1. The number of phenols is 2. The van der Waals surface area contributed by atoms with Gasteiger partial charge in [0.25, 0.3) is 10.0 Å². The molecule has 10 heteroatoms. The van der Waals surface area contributed by atoms with Gasteiger partial charge in [-0.2, -0.15) is 0 Å². The van der Waals surface area contributed by atoms with Crippen molar-refractivity contribution in [1.82, 2.24) is 0 Å². The normalized spacial score (nSPS) is 14.0. The number of halogens is 2. The van der Waals surface area contributed by atoms with E-state index in [4.69, 9.17) is 0 Å². The van der Waals surface area contributed by atoms with Crippen LogP contribution in [0.3, 0.4) is 0 Å². The van der Waals surface area contributed by atoms with Crippen LogP contribution in [0.4, 0.5) is 10.1 Å². The molecule has 0 unspecified atom stereocenters. The molecule has 3 N–H and O–H groups in total. The second-order valence-corrected chi connectivity index (χ2v) is 8.60. The molecule has 1 aliphatic carbocycles. The van der Waals surface area contributed by atoms with Crippen molar-refractivity contribution in [3.63, 3.8) is 0 Å². The molecule has 7 nitrogen and oxygen atoms in total. The molecule has 1 fully saturated rings. The van der Waals surface area contributed by atoms with Crippen molar-refractivity contribution in [2.75, 3.05) is 11.8 Å². The van der Waals surface area contributed by atoms with E-state index in [1.54, 1.807) is 0 Å². The highest BCUT2D eigenvalue weighted by Gasteiger charge is 2.35. The number of phenolic OH excluding ortho intramolecular Hbond substituents is 2. The topological polar surface area (TPSA) is 113 Å². The SMILES string of the molecule is COC(=O)c1c(O)c(S(=O)(=O)Nc2cc(Br)ccc2O)cc(C2CC2)c1F. The zero-order valence-corrected chi connectivity index (χ0v) is 16.4. The van der Waals surface area contributed by atoms with E-state index in [0.29, 0.717) is 17.3 Å². The first-order valence-electron chi connectivity index (χ1n) is 7.80. The number of carbonyl (C=O) groups is 1. The summed E-state index contributed by atoms with van der Waals surface area (Å²) in [5.74, 6) is -3.81. The fourth-order valence-electron chi connectivity index (χ4n) is 2.62. The standard InChI is InChI=1S/C17H15BrFNO6S/c1-26-17(23)14-15(19)10(8-2-3-8)7-13(16(14)22)27(24,25)20-11-6-9(18)4-5-12(11)21/h4-8,20-22H,2-3H2,1H3. The first-order chi connectivity index (χ1) is 12.7. The van der Waals surface area contributed by atoms with Crippen LogP contribution in [0.25, 0.3) is 0 Å². The van der Waals surface area contributed by atoms with Crippen LogP contribution >= 0.6 is 15.9 Å². The van der Waals surface area contributed by atoms with Crippen molar-refractivity contribution in [1.29, 1.82) is 0 Å². The fourth-order valence-corrected chi connectivity index (χ4v) is 4.18. The Hall–Kier alpha value is -2.33. The van der Waals surface area contributed by atoms with Gasteiger partial charge in [0.2, 0.25) is 0 Å². The minimum absolute atomic E-state index is 0.0204. The average molecular weight is 460 g/mol. The lowest BCUT2D eigenvalue weighted by Crippen LogP contribution is -2.17. The molecule has 0 spiro atoms. The highest BCUT2D eigenvalue weighted by atomic mass is 79.9. The molecule has 3 rings (SSSR count). The fraction of sp³-hybridized carbons (Fsp3) is 0.235. The number of sulfonamides is 1. The quantitative estimate of drug-likeness (QED) is 0.466. The molecule has 0 aliphatic heterocycles. The Morgan fingerprint density at radius 3 is 2.56 bits per heavy atom. The van der Waals surface area contributed by atoms with Crippen molar-refractivity contribution in [2.45, 2.75) is 23.7 Å². The number of ether oxygens (including phenoxy) is 1. The molecule has 2 aromatic rings. The average Bonchev–Trinajstić information content (AvgIpc) is 3.42. The predicted octanol–water partition coefficient (Wildman–Crippen LogP) is 3.46. The van der Waals surface area contributed by atoms with Gasteiger partial charge >= 0.3 is 5.97 Å². The van der Waals surface area contributed by atoms with Crippen molar-refractivity contribution in [3.8, 4) is 11.5 Å². The van der Waals surface area contributed by atoms with E-state index >= 15 is 0 Å². The number of aromatic hydroxyl groups is 2. The van der Waals surface area contributed by atoms with Gasteiger partial charge < -0.3 is 14.9 Å². The second-order valence-electron chi connectivity index (χ2n) is 6.03. The summed E-state index contributed by atoms with van der Waals surface area (Å²) in [6.45, 7) is 0. The van der Waals surface area contributed by atoms with Crippen LogP contribution in [0.5, 0.6) is 11.5 Å². The zero-order chi connectivity index (χ0) is 19.9. The highest BCUT2D eigenvalue weighted by Crippen LogP contribution is 2.45. The smallest absolute Gasteiger partial charge is 0.344 e. The van der Waals surface area contributed by atoms with Gasteiger partial charge in [0.1, 0.15) is 22.0 Å². The highest BCUT2D eigenvalue weighted by molar-refractivity contribution is 9.10. The van der Waals surface area contributed by atoms with Gasteiger partial charge in [-0.15, -0.1) is 0 Å². The van der Waals surface area contributed by atoms with Gasteiger partial charge in [-0.1, -0.05) is 15.9 Å². The first kappa shape index (κ1) is 19.4. The number of hydrogen-bond acceptors (Lipinski definition) is 6. The van der Waals surface area contributed by atoms with Crippen LogP contribution in [0.1, 0.15) is 34.7 Å². The molecule has 0 amide bonds. The molecular weight excluding hydrogens is 445 g/mol. The molecule has 0 radical (unpaired) electrons. The van der Waals surface area contributed by atoms with E-state index in [9.17, 15) is 27.8 Å². The Morgan fingerprint density at radius 2 is 1.96 bits per heavy atom. The monoisotopic (exact) mass is 459 g/mol. The molecular formula is C17H15BrFNO6S. The lowest BCUT2D eigenvalue weighted by molar-refractivity contribution is 0.0591. The van der Waals surface area contributed by atoms with E-state index in [0.717, 1.165) is 13.2 Å². The summed E-state index contributed by atoms with van der Waals surface area (Å²) in [4.78, 5) is 11.2. The van der Waals surface area contributed by atoms with Crippen LogP contribution in [0.15, 0.2) is 33.6 Å². The van der Waals surface area contributed by atoms with Crippen LogP contribution in [0, 0.1) is 5.82 Å². The van der Waals surface area contributed by atoms with Crippen molar-refractivity contribution < 1.29 is 32.6 Å². The van der Waals surface area contributed by atoms with Crippen LogP contribution < -0.4 is 4.72 Å². The number of hydrogen-bond donors (Lipinski definition) is 3. The van der Waals surface area contributed by atoms with Gasteiger partial charge in [-0.25, -0.2) is 17.6 Å². The van der Waals surface area contributed by atoms with E-state index < -0.39 is 38.0 Å². The lowest BCUT2D eigenvalue weighted by Gasteiger charge is -2.15. The number of rotatable bonds is 5. The van der Waals surface area contributed by atoms with E-state index in [1.165, 1.54) is 18.2 Å².